The van der Waals surface area contributed by atoms with Crippen molar-refractivity contribution in [2.24, 2.45) is 5.10 Å². The van der Waals surface area contributed by atoms with E-state index in [0.29, 0.717) is 12.2 Å². The summed E-state index contributed by atoms with van der Waals surface area (Å²) >= 11 is 5.20. The third-order valence-corrected chi connectivity index (χ3v) is 4.30. The third-order valence-electron chi connectivity index (χ3n) is 4.03. The summed E-state index contributed by atoms with van der Waals surface area (Å²) in [5.41, 5.74) is 1.00. The van der Waals surface area contributed by atoms with Crippen molar-refractivity contribution in [1.82, 2.24) is 14.9 Å². The zero-order valence-electron chi connectivity index (χ0n) is 14.9. The van der Waals surface area contributed by atoms with Crippen molar-refractivity contribution in [1.29, 1.82) is 0 Å². The van der Waals surface area contributed by atoms with Gasteiger partial charge in [0.1, 0.15) is 0 Å². The maximum atomic E-state index is 11.3. The number of methoxy groups -OCH3 is 1. The van der Waals surface area contributed by atoms with Gasteiger partial charge in [0.15, 0.2) is 17.3 Å². The minimum absolute atomic E-state index is 0.00678. The topological polar surface area (TPSA) is 119 Å². The van der Waals surface area contributed by atoms with Gasteiger partial charge in [0.05, 0.1) is 29.9 Å². The Morgan fingerprint density at radius 3 is 2.79 bits per heavy atom. The van der Waals surface area contributed by atoms with Crippen LogP contribution >= 0.6 is 12.2 Å². The van der Waals surface area contributed by atoms with Crippen LogP contribution in [0.25, 0.3) is 0 Å². The lowest BCUT2D eigenvalue weighted by Gasteiger charge is -2.05. The first-order chi connectivity index (χ1) is 13.5. The molecule has 3 aromatic rings. The van der Waals surface area contributed by atoms with Gasteiger partial charge in [-0.05, 0) is 30.3 Å². The maximum absolute atomic E-state index is 11.3. The normalized spacial score (nSPS) is 11.0. The molecule has 0 radical (unpaired) electrons. The molecule has 2 N–H and O–H groups in total. The van der Waals surface area contributed by atoms with Crippen LogP contribution in [0.2, 0.25) is 0 Å². The van der Waals surface area contributed by atoms with Crippen molar-refractivity contribution in [3.05, 3.63) is 74.3 Å². The second-order valence-electron chi connectivity index (χ2n) is 5.83. The fraction of sp³-hybridized carbons (Fsp3) is 0.167. The molecule has 3 rings (SSSR count). The SMILES string of the molecule is COc1cc([N+](=O)[O-])c(/C=N\n2c(CCc3ccccc3)n[nH]c2=S)cc1O. The van der Waals surface area contributed by atoms with Crippen LogP contribution in [-0.4, -0.2) is 38.2 Å². The molecule has 1 heterocycles. The number of aryl methyl sites for hydroxylation is 2. The van der Waals surface area contributed by atoms with Gasteiger partial charge in [0, 0.05) is 6.42 Å². The van der Waals surface area contributed by atoms with E-state index in [1.165, 1.54) is 24.1 Å². The predicted molar refractivity (Wildman–Crippen MR) is 106 cm³/mol. The zero-order valence-corrected chi connectivity index (χ0v) is 15.7. The quantitative estimate of drug-likeness (QED) is 0.272. The lowest BCUT2D eigenvalue weighted by molar-refractivity contribution is -0.385. The smallest absolute Gasteiger partial charge is 0.282 e. The highest BCUT2D eigenvalue weighted by atomic mass is 32.1. The lowest BCUT2D eigenvalue weighted by atomic mass is 10.1. The van der Waals surface area contributed by atoms with Crippen LogP contribution in [0.15, 0.2) is 47.6 Å². The highest BCUT2D eigenvalue weighted by Crippen LogP contribution is 2.32. The second kappa shape index (κ2) is 8.44. The average Bonchev–Trinajstić information content (AvgIpc) is 3.04. The monoisotopic (exact) mass is 399 g/mol. The van der Waals surface area contributed by atoms with Crippen molar-refractivity contribution >= 4 is 24.1 Å². The third kappa shape index (κ3) is 4.23. The Kier molecular flexibility index (Phi) is 5.80. The molecule has 0 spiro atoms. The summed E-state index contributed by atoms with van der Waals surface area (Å²) in [6.07, 6.45) is 2.57. The van der Waals surface area contributed by atoms with Gasteiger partial charge < -0.3 is 9.84 Å². The number of nitrogens with one attached hydrogen (secondary N) is 1. The van der Waals surface area contributed by atoms with Crippen LogP contribution in [0.1, 0.15) is 17.0 Å². The molecule has 28 heavy (non-hydrogen) atoms. The van der Waals surface area contributed by atoms with E-state index in [1.807, 2.05) is 30.3 Å². The van der Waals surface area contributed by atoms with Crippen molar-refractivity contribution < 1.29 is 14.8 Å². The first-order valence-corrected chi connectivity index (χ1v) is 8.70. The number of aromatic amines is 1. The summed E-state index contributed by atoms with van der Waals surface area (Å²) in [6.45, 7) is 0. The number of aromatic hydroxyl groups is 1. The number of nitrogens with zero attached hydrogens (tertiary/aromatic N) is 4. The number of rotatable bonds is 7. The number of ether oxygens (including phenoxy) is 1. The van der Waals surface area contributed by atoms with Crippen LogP contribution in [0, 0.1) is 14.9 Å². The molecule has 0 unspecified atom stereocenters. The van der Waals surface area contributed by atoms with Gasteiger partial charge in [-0.2, -0.15) is 14.9 Å². The van der Waals surface area contributed by atoms with Crippen LogP contribution in [0.4, 0.5) is 5.69 Å². The molecule has 9 nitrogen and oxygen atoms in total. The van der Waals surface area contributed by atoms with Crippen molar-refractivity contribution in [3.8, 4) is 11.5 Å². The van der Waals surface area contributed by atoms with Gasteiger partial charge in [0.2, 0.25) is 4.77 Å². The molecule has 10 heteroatoms. The zero-order chi connectivity index (χ0) is 20.1. The fourth-order valence-electron chi connectivity index (χ4n) is 2.62. The number of nitro groups is 1. The number of phenols is 1. The molecule has 0 aliphatic rings. The van der Waals surface area contributed by atoms with E-state index in [0.717, 1.165) is 18.1 Å². The number of H-pyrrole nitrogens is 1. The number of hydrogen-bond donors (Lipinski definition) is 2. The minimum Gasteiger partial charge on any atom is -0.504 e. The first-order valence-electron chi connectivity index (χ1n) is 8.29. The van der Waals surface area contributed by atoms with Gasteiger partial charge in [-0.3, -0.25) is 15.2 Å². The molecule has 0 aliphatic carbocycles. The predicted octanol–water partition coefficient (Wildman–Crippen LogP) is 3.23. The van der Waals surface area contributed by atoms with E-state index in [4.69, 9.17) is 17.0 Å². The number of benzene rings is 2. The van der Waals surface area contributed by atoms with Gasteiger partial charge >= 0.3 is 0 Å². The first kappa shape index (κ1) is 19.2. The van der Waals surface area contributed by atoms with E-state index in [2.05, 4.69) is 15.3 Å². The van der Waals surface area contributed by atoms with Crippen LogP contribution in [-0.2, 0) is 12.8 Å². The van der Waals surface area contributed by atoms with E-state index < -0.39 is 4.92 Å². The number of phenolic OH excluding ortho intramolecular Hbond substituents is 1. The standard InChI is InChI=1S/C18H17N5O4S/c1-27-16-10-14(23(25)26)13(9-15(16)24)11-19-22-17(20-21-18(22)28)8-7-12-5-3-2-4-6-12/h2-6,9-11,24H,7-8H2,1H3,(H,21,28)/b19-11-. The average molecular weight is 399 g/mol. The molecule has 0 saturated heterocycles. The van der Waals surface area contributed by atoms with Gasteiger partial charge in [0.25, 0.3) is 5.69 Å². The molecule has 2 aromatic carbocycles. The van der Waals surface area contributed by atoms with Gasteiger partial charge in [-0.1, -0.05) is 30.3 Å². The van der Waals surface area contributed by atoms with E-state index >= 15 is 0 Å². The largest absolute Gasteiger partial charge is 0.504 e. The van der Waals surface area contributed by atoms with E-state index in [1.54, 1.807) is 0 Å². The highest BCUT2D eigenvalue weighted by Gasteiger charge is 2.18. The van der Waals surface area contributed by atoms with Gasteiger partial charge in [-0.25, -0.2) is 0 Å². The van der Waals surface area contributed by atoms with E-state index in [-0.39, 0.29) is 27.5 Å². The van der Waals surface area contributed by atoms with Crippen LogP contribution in [0.3, 0.4) is 0 Å². The molecule has 0 atom stereocenters. The summed E-state index contributed by atoms with van der Waals surface area (Å²) in [5.74, 6) is 0.368. The Labute approximate surface area is 165 Å². The van der Waals surface area contributed by atoms with E-state index in [9.17, 15) is 15.2 Å². The number of nitro benzene ring substituents is 1. The van der Waals surface area contributed by atoms with Crippen molar-refractivity contribution in [2.45, 2.75) is 12.8 Å². The summed E-state index contributed by atoms with van der Waals surface area (Å²) in [7, 11) is 1.32. The molecule has 1 aromatic heterocycles. The molecule has 0 bridgehead atoms. The van der Waals surface area contributed by atoms with Gasteiger partial charge in [-0.15, -0.1) is 0 Å². The molecular formula is C18H17N5O4S. The summed E-state index contributed by atoms with van der Waals surface area (Å²) in [6, 6.07) is 12.2. The second-order valence-corrected chi connectivity index (χ2v) is 6.21. The summed E-state index contributed by atoms with van der Waals surface area (Å²) in [5, 5.41) is 32.3. The Morgan fingerprint density at radius 2 is 2.11 bits per heavy atom. The molecular weight excluding hydrogens is 382 g/mol. The van der Waals surface area contributed by atoms with Crippen LogP contribution < -0.4 is 4.74 Å². The Hall–Kier alpha value is -3.53. The fourth-order valence-corrected chi connectivity index (χ4v) is 2.82. The molecule has 0 fully saturated rings. The maximum Gasteiger partial charge on any atom is 0.282 e. The van der Waals surface area contributed by atoms with Crippen molar-refractivity contribution in [2.75, 3.05) is 7.11 Å². The summed E-state index contributed by atoms with van der Waals surface area (Å²) < 4.78 is 6.59. The minimum atomic E-state index is -0.575. The molecule has 144 valence electrons. The molecule has 0 saturated carbocycles. The highest BCUT2D eigenvalue weighted by molar-refractivity contribution is 7.71. The Balaban J connectivity index is 1.89. The number of aromatic nitrogens is 3. The van der Waals surface area contributed by atoms with Crippen LogP contribution in [0.5, 0.6) is 11.5 Å². The number of hydrogen-bond acceptors (Lipinski definition) is 7. The molecule has 0 aliphatic heterocycles. The Bertz CT molecular complexity index is 1080. The van der Waals surface area contributed by atoms with Crippen molar-refractivity contribution in [3.63, 3.8) is 0 Å². The summed E-state index contributed by atoms with van der Waals surface area (Å²) in [4.78, 5) is 10.7. The Morgan fingerprint density at radius 1 is 1.36 bits per heavy atom. The lowest BCUT2D eigenvalue weighted by Crippen LogP contribution is -2.02. The molecule has 0 amide bonds.